The first-order valence-electron chi connectivity index (χ1n) is 16.9. The molecule has 3 amide bonds. The summed E-state index contributed by atoms with van der Waals surface area (Å²) < 4.78 is 32.3. The Morgan fingerprint density at radius 2 is 1.29 bits per heavy atom. The van der Waals surface area contributed by atoms with Gasteiger partial charge >= 0.3 is 18.3 Å². The number of ether oxygens (including phenoxy) is 6. The molecule has 3 N–H and O–H groups in total. The lowest BCUT2D eigenvalue weighted by Gasteiger charge is -2.22. The summed E-state index contributed by atoms with van der Waals surface area (Å²) in [6.45, 7) is 7.76. The fraction of sp³-hybridized carbons (Fsp3) is 0.528. The van der Waals surface area contributed by atoms with Crippen molar-refractivity contribution in [2.24, 2.45) is 0 Å². The minimum atomic E-state index is -0.515. The number of unbranched alkanes of at least 4 members (excludes halogenated alkanes) is 1. The van der Waals surface area contributed by atoms with Crippen molar-refractivity contribution >= 4 is 47.7 Å². The molecule has 0 heterocycles. The quantitative estimate of drug-likeness (QED) is 0.0316. The second-order valence-electron chi connectivity index (χ2n) is 11.8. The maximum absolute atomic E-state index is 12.3. The highest BCUT2D eigenvalue weighted by atomic mass is 33.1. The van der Waals surface area contributed by atoms with Crippen LogP contribution in [0.3, 0.4) is 0 Å². The molecule has 1 aliphatic rings. The van der Waals surface area contributed by atoms with Crippen LogP contribution in [0.25, 0.3) is 11.1 Å². The lowest BCUT2D eigenvalue weighted by Crippen LogP contribution is -2.30. The summed E-state index contributed by atoms with van der Waals surface area (Å²) in [6.07, 6.45) is 0.671. The lowest BCUT2D eigenvalue weighted by atomic mass is 9.98. The van der Waals surface area contributed by atoms with Crippen molar-refractivity contribution in [3.8, 4) is 22.9 Å². The highest BCUT2D eigenvalue weighted by Crippen LogP contribution is 2.44. The normalized spacial score (nSPS) is 11.8. The molecule has 0 fully saturated rings. The second kappa shape index (κ2) is 24.6. The molecule has 276 valence electrons. The number of rotatable bonds is 24. The van der Waals surface area contributed by atoms with E-state index in [0.29, 0.717) is 78.1 Å². The Balaban J connectivity index is 1.08. The number of carbonyl (C=O) groups excluding carboxylic acids is 3. The zero-order valence-corrected chi connectivity index (χ0v) is 31.0. The number of benzene rings is 2. The third-order valence-corrected chi connectivity index (χ3v) is 10.5. The highest BCUT2D eigenvalue weighted by Gasteiger charge is 2.29. The van der Waals surface area contributed by atoms with E-state index in [-0.39, 0.29) is 23.8 Å². The van der Waals surface area contributed by atoms with Gasteiger partial charge in [-0.3, -0.25) is 0 Å². The van der Waals surface area contributed by atoms with Gasteiger partial charge in [0.05, 0.1) is 46.2 Å². The Morgan fingerprint density at radius 1 is 0.725 bits per heavy atom. The summed E-state index contributed by atoms with van der Waals surface area (Å²) >= 11 is 0. The first-order chi connectivity index (χ1) is 24.8. The molecule has 51 heavy (non-hydrogen) atoms. The molecule has 0 aliphatic heterocycles. The molecule has 0 unspecified atom stereocenters. The van der Waals surface area contributed by atoms with E-state index in [1.54, 1.807) is 21.6 Å². The number of alkyl carbamates (subject to hydrolysis) is 3. The molecule has 2 aromatic rings. The number of nitrogens with one attached hydrogen (secondary N) is 3. The van der Waals surface area contributed by atoms with Gasteiger partial charge in [0.1, 0.15) is 12.5 Å². The van der Waals surface area contributed by atoms with E-state index in [2.05, 4.69) is 65.8 Å². The number of carbonyl (C=O) groups is 3. The topological polar surface area (TPSA) is 143 Å². The summed E-state index contributed by atoms with van der Waals surface area (Å²) in [6, 6.07) is 16.4. The fourth-order valence-electron chi connectivity index (χ4n) is 4.87. The molecule has 1 aliphatic carbocycles. The molecule has 3 rings (SSSR count). The van der Waals surface area contributed by atoms with Crippen molar-refractivity contribution in [2.75, 3.05) is 78.4 Å². The molecule has 0 atom stereocenters. The average molecular weight is 742 g/mol. The standard InChI is InChI=1S/C36H48BN3O9S2/c1-36(2,51-50-27-46-19-7-8-20-47-33(41)38-16-9-15-37)14-21-48-34(42)39-17-22-44-24-25-45-23-18-40-35(43)49-26-32-30-12-5-3-10-28(30)29-11-4-6-13-31(29)32/h3-6,10-13,32H,7-8,14,16-27H2,1-2H3,(H,38,41)(H,39,42)(H,40,43). The average Bonchev–Trinajstić information content (AvgIpc) is 3.44. The molecule has 0 bridgehead atoms. The van der Waals surface area contributed by atoms with Gasteiger partial charge in [-0.05, 0) is 55.4 Å². The Labute approximate surface area is 310 Å². The minimum Gasteiger partial charge on any atom is -0.450 e. The first-order valence-corrected chi connectivity index (χ1v) is 19.2. The Morgan fingerprint density at radius 3 is 1.94 bits per heavy atom. The van der Waals surface area contributed by atoms with Crippen LogP contribution in [0.15, 0.2) is 48.5 Å². The second-order valence-corrected chi connectivity index (χ2v) is 14.7. The van der Waals surface area contributed by atoms with Gasteiger partial charge in [-0.25, -0.2) is 14.4 Å². The monoisotopic (exact) mass is 741 g/mol. The van der Waals surface area contributed by atoms with Crippen LogP contribution in [0.4, 0.5) is 14.4 Å². The molecule has 0 saturated heterocycles. The van der Waals surface area contributed by atoms with Gasteiger partial charge in [0.25, 0.3) is 0 Å². The summed E-state index contributed by atoms with van der Waals surface area (Å²) in [5.74, 6) is 5.25. The van der Waals surface area contributed by atoms with E-state index in [1.807, 2.05) is 24.3 Å². The van der Waals surface area contributed by atoms with E-state index < -0.39 is 18.3 Å². The van der Waals surface area contributed by atoms with Crippen LogP contribution in [0, 0.1) is 11.7 Å². The number of hydrogen-bond acceptors (Lipinski definition) is 11. The zero-order valence-electron chi connectivity index (χ0n) is 29.4. The van der Waals surface area contributed by atoms with Gasteiger partial charge in [0, 0.05) is 30.4 Å². The molecular formula is C36H48BN3O9S2. The van der Waals surface area contributed by atoms with Crippen LogP contribution < -0.4 is 16.0 Å². The van der Waals surface area contributed by atoms with Crippen LogP contribution >= 0.6 is 21.6 Å². The van der Waals surface area contributed by atoms with Crippen molar-refractivity contribution in [1.82, 2.24) is 16.0 Å². The Bertz CT molecular complexity index is 1380. The molecule has 2 aromatic carbocycles. The summed E-state index contributed by atoms with van der Waals surface area (Å²) in [7, 11) is 8.29. The summed E-state index contributed by atoms with van der Waals surface area (Å²) in [5.41, 5.74) is 4.71. The predicted octanol–water partition coefficient (Wildman–Crippen LogP) is 5.44. The van der Waals surface area contributed by atoms with Gasteiger partial charge in [-0.1, -0.05) is 76.0 Å². The van der Waals surface area contributed by atoms with E-state index >= 15 is 0 Å². The van der Waals surface area contributed by atoms with Gasteiger partial charge in [0.2, 0.25) is 0 Å². The van der Waals surface area contributed by atoms with Crippen LogP contribution in [0.2, 0.25) is 0 Å². The van der Waals surface area contributed by atoms with E-state index in [1.165, 1.54) is 22.3 Å². The zero-order chi connectivity index (χ0) is 36.6. The van der Waals surface area contributed by atoms with Crippen molar-refractivity contribution in [3.05, 3.63) is 59.7 Å². The first kappa shape index (κ1) is 41.9. The van der Waals surface area contributed by atoms with E-state index in [9.17, 15) is 14.4 Å². The molecule has 2 radical (unpaired) electrons. The van der Waals surface area contributed by atoms with E-state index in [4.69, 9.17) is 36.3 Å². The number of hydrogen-bond donors (Lipinski definition) is 3. The predicted molar refractivity (Wildman–Crippen MR) is 201 cm³/mol. The Kier molecular flexibility index (Phi) is 20.2. The molecule has 12 nitrogen and oxygen atoms in total. The third kappa shape index (κ3) is 17.0. The SMILES string of the molecule is [B]C#CCNC(=O)OCCCCOCSSC(C)(C)CCOC(=O)NCCOCCOCCNC(=O)OCC1c2ccccc2-c2ccccc21. The largest absolute Gasteiger partial charge is 0.450 e. The van der Waals surface area contributed by atoms with E-state index in [0.717, 1.165) is 6.42 Å². The van der Waals surface area contributed by atoms with Crippen LogP contribution in [-0.4, -0.2) is 109 Å². The summed E-state index contributed by atoms with van der Waals surface area (Å²) in [5, 5.41) is 7.86. The van der Waals surface area contributed by atoms with Gasteiger partial charge in [-0.15, -0.1) is 0 Å². The third-order valence-electron chi connectivity index (χ3n) is 7.44. The maximum Gasteiger partial charge on any atom is 0.407 e. The van der Waals surface area contributed by atoms with Crippen LogP contribution in [0.1, 0.15) is 50.2 Å². The fourth-order valence-corrected chi connectivity index (χ4v) is 7.15. The molecule has 15 heteroatoms. The Hall–Kier alpha value is -3.55. The maximum atomic E-state index is 12.3. The van der Waals surface area contributed by atoms with Gasteiger partial charge < -0.3 is 44.4 Å². The number of amides is 3. The molecule has 0 saturated carbocycles. The molecule has 0 aromatic heterocycles. The van der Waals surface area contributed by atoms with Crippen LogP contribution in [-0.2, 0) is 28.4 Å². The van der Waals surface area contributed by atoms with Crippen molar-refractivity contribution in [3.63, 3.8) is 0 Å². The highest BCUT2D eigenvalue weighted by molar-refractivity contribution is 8.77. The summed E-state index contributed by atoms with van der Waals surface area (Å²) in [4.78, 5) is 35.6. The van der Waals surface area contributed by atoms with Crippen LogP contribution in [0.5, 0.6) is 0 Å². The van der Waals surface area contributed by atoms with Crippen molar-refractivity contribution < 1.29 is 42.8 Å². The molecule has 0 spiro atoms. The minimum absolute atomic E-state index is 0.0167. The number of fused-ring (bicyclic) bond motifs is 3. The lowest BCUT2D eigenvalue weighted by molar-refractivity contribution is 0.0487. The van der Waals surface area contributed by atoms with Gasteiger partial charge in [-0.2, -0.15) is 5.82 Å². The molecular weight excluding hydrogens is 693 g/mol. The smallest absolute Gasteiger partial charge is 0.407 e. The van der Waals surface area contributed by atoms with Crippen molar-refractivity contribution in [1.29, 1.82) is 0 Å². The van der Waals surface area contributed by atoms with Gasteiger partial charge in [0.15, 0.2) is 7.85 Å². The van der Waals surface area contributed by atoms with Crippen molar-refractivity contribution in [2.45, 2.75) is 43.8 Å².